The molecule has 0 bridgehead atoms. The lowest BCUT2D eigenvalue weighted by Crippen LogP contribution is -2.39. The van der Waals surface area contributed by atoms with Crippen LogP contribution in [0.15, 0.2) is 140 Å². The van der Waals surface area contributed by atoms with E-state index in [1.165, 1.54) is 0 Å². The molecule has 0 spiro atoms. The fourth-order valence-corrected chi connectivity index (χ4v) is 5.24. The van der Waals surface area contributed by atoms with Crippen molar-refractivity contribution in [1.29, 1.82) is 0 Å². The fourth-order valence-electron chi connectivity index (χ4n) is 5.24. The molecule has 0 amide bonds. The molecular weight excluding hydrogens is 463 g/mol. The summed E-state index contributed by atoms with van der Waals surface area (Å²) in [7, 11) is 5.85. The summed E-state index contributed by atoms with van der Waals surface area (Å²) in [5, 5.41) is 13.6. The molecule has 0 unspecified atom stereocenters. The van der Waals surface area contributed by atoms with Gasteiger partial charge in [0.25, 0.3) is 0 Å². The van der Waals surface area contributed by atoms with Gasteiger partial charge in [-0.1, -0.05) is 151 Å². The minimum absolute atomic E-state index is 0.508. The third-order valence-electron chi connectivity index (χ3n) is 7.03. The van der Waals surface area contributed by atoms with Crippen molar-refractivity contribution in [1.82, 2.24) is 20.2 Å². The Balaban J connectivity index is 1.66. The summed E-state index contributed by atoms with van der Waals surface area (Å²) in [6, 6.07) is 47.9. The topological polar surface area (TPSA) is 43.6 Å². The van der Waals surface area contributed by atoms with Crippen molar-refractivity contribution in [2.24, 2.45) is 0 Å². The highest BCUT2D eigenvalue weighted by molar-refractivity contribution is 6.08. The van der Waals surface area contributed by atoms with Gasteiger partial charge in [0.05, 0.1) is 7.85 Å². The average molecular weight is 488 g/mol. The summed E-state index contributed by atoms with van der Waals surface area (Å²) in [5.74, 6) is 0.681. The van der Waals surface area contributed by atoms with E-state index in [1.54, 1.807) is 0 Å². The van der Waals surface area contributed by atoms with Crippen molar-refractivity contribution < 1.29 is 0 Å². The van der Waals surface area contributed by atoms with Crippen molar-refractivity contribution in [2.45, 2.75) is 11.9 Å². The first kappa shape index (κ1) is 23.6. The smallest absolute Gasteiger partial charge is 0.184 e. The third-order valence-corrected chi connectivity index (χ3v) is 7.03. The second kappa shape index (κ2) is 10.3. The molecule has 2 radical (unpaired) electrons. The quantitative estimate of drug-likeness (QED) is 0.190. The molecule has 4 nitrogen and oxygen atoms in total. The Morgan fingerprint density at radius 1 is 0.553 bits per heavy atom. The zero-order valence-electron chi connectivity index (χ0n) is 20.9. The molecule has 5 aromatic carbocycles. The Kier molecular flexibility index (Phi) is 6.41. The minimum Gasteiger partial charge on any atom is -0.205 e. The molecule has 38 heavy (non-hydrogen) atoms. The van der Waals surface area contributed by atoms with E-state index >= 15 is 0 Å². The van der Waals surface area contributed by atoms with Gasteiger partial charge in [-0.15, -0.1) is 5.10 Å². The zero-order chi connectivity index (χ0) is 25.8. The van der Waals surface area contributed by atoms with Gasteiger partial charge in [-0.05, 0) is 38.2 Å². The Morgan fingerprint density at radius 3 is 1.53 bits per heavy atom. The van der Waals surface area contributed by atoms with E-state index in [9.17, 15) is 0 Å². The van der Waals surface area contributed by atoms with E-state index < -0.39 is 5.54 Å². The van der Waals surface area contributed by atoms with Crippen LogP contribution in [0.3, 0.4) is 0 Å². The predicted molar refractivity (Wildman–Crippen MR) is 153 cm³/mol. The van der Waals surface area contributed by atoms with Crippen LogP contribution in [0.1, 0.15) is 22.3 Å². The molecule has 0 saturated heterocycles. The zero-order valence-corrected chi connectivity index (χ0v) is 20.9. The average Bonchev–Trinajstić information content (AvgIpc) is 3.49. The molecule has 0 aliphatic carbocycles. The monoisotopic (exact) mass is 488 g/mol. The molecule has 0 aliphatic heterocycles. The number of hydrogen-bond acceptors (Lipinski definition) is 3. The second-order valence-electron chi connectivity index (χ2n) is 9.17. The van der Waals surface area contributed by atoms with Crippen LogP contribution < -0.4 is 0 Å². The number of tetrazole rings is 1. The van der Waals surface area contributed by atoms with Crippen molar-refractivity contribution >= 4 is 7.85 Å². The number of nitrogens with zero attached hydrogens (tertiary/aromatic N) is 4. The Morgan fingerprint density at radius 2 is 1.03 bits per heavy atom. The highest BCUT2D eigenvalue weighted by Crippen LogP contribution is 2.43. The largest absolute Gasteiger partial charge is 0.205 e. The maximum Gasteiger partial charge on any atom is 0.184 e. The predicted octanol–water partition coefficient (Wildman–Crippen LogP) is 6.52. The Bertz CT molecular complexity index is 1530. The van der Waals surface area contributed by atoms with Crippen LogP contribution in [0.25, 0.3) is 22.5 Å². The Labute approximate surface area is 224 Å². The summed E-state index contributed by atoms with van der Waals surface area (Å²) in [5.41, 5.74) is 6.56. The number of benzene rings is 5. The van der Waals surface area contributed by atoms with Gasteiger partial charge in [0.2, 0.25) is 0 Å². The molecule has 0 aliphatic rings. The standard InChI is InChI=1S/C33H25BN4/c34-24-25-20-22-26(23-21-25)30-18-10-11-19-31(30)32-35-36-37-38(32)33(27-12-4-1-5-13-27,28-14-6-2-7-15-28)29-16-8-3-9-17-29/h1-23H,24H2. The highest BCUT2D eigenvalue weighted by Gasteiger charge is 2.42. The molecule has 0 fully saturated rings. The van der Waals surface area contributed by atoms with Crippen molar-refractivity contribution in [3.8, 4) is 22.5 Å². The van der Waals surface area contributed by atoms with Gasteiger partial charge in [0.15, 0.2) is 5.82 Å². The first-order chi connectivity index (χ1) is 18.8. The molecule has 180 valence electrons. The lowest BCUT2D eigenvalue weighted by molar-refractivity contribution is 0.451. The third kappa shape index (κ3) is 4.02. The maximum absolute atomic E-state index is 5.85. The molecule has 1 aromatic heterocycles. The van der Waals surface area contributed by atoms with Crippen LogP contribution in [-0.2, 0) is 11.9 Å². The summed E-state index contributed by atoms with van der Waals surface area (Å²) in [6.45, 7) is 0. The minimum atomic E-state index is -0.806. The van der Waals surface area contributed by atoms with Crippen LogP contribution in [0.4, 0.5) is 0 Å². The first-order valence-electron chi connectivity index (χ1n) is 12.7. The molecule has 6 aromatic rings. The summed E-state index contributed by atoms with van der Waals surface area (Å²) in [6.07, 6.45) is 0.508. The molecule has 0 saturated carbocycles. The lowest BCUT2D eigenvalue weighted by atomic mass is 9.77. The van der Waals surface area contributed by atoms with E-state index in [2.05, 4.69) is 120 Å². The number of hydrogen-bond donors (Lipinski definition) is 0. The van der Waals surface area contributed by atoms with Gasteiger partial charge in [-0.25, -0.2) is 4.68 Å². The van der Waals surface area contributed by atoms with Crippen LogP contribution >= 0.6 is 0 Å². The van der Waals surface area contributed by atoms with Crippen LogP contribution in [-0.4, -0.2) is 28.1 Å². The van der Waals surface area contributed by atoms with Gasteiger partial charge in [0.1, 0.15) is 5.54 Å². The van der Waals surface area contributed by atoms with Crippen LogP contribution in [0, 0.1) is 0 Å². The molecule has 6 rings (SSSR count). The van der Waals surface area contributed by atoms with E-state index in [0.717, 1.165) is 38.9 Å². The molecule has 1 heterocycles. The highest BCUT2D eigenvalue weighted by atomic mass is 15.6. The van der Waals surface area contributed by atoms with Crippen LogP contribution in [0.5, 0.6) is 0 Å². The maximum atomic E-state index is 5.85. The molecular formula is C33H25BN4. The van der Waals surface area contributed by atoms with Gasteiger partial charge in [0, 0.05) is 5.56 Å². The number of aromatic nitrogens is 4. The van der Waals surface area contributed by atoms with E-state index in [1.807, 2.05) is 35.0 Å². The summed E-state index contributed by atoms with van der Waals surface area (Å²) < 4.78 is 1.97. The SMILES string of the molecule is [B]Cc1ccc(-c2ccccc2-c2nnnn2C(c2ccccc2)(c2ccccc2)c2ccccc2)cc1. The second-order valence-corrected chi connectivity index (χ2v) is 9.17. The van der Waals surface area contributed by atoms with Gasteiger partial charge in [-0.2, -0.15) is 0 Å². The van der Waals surface area contributed by atoms with Crippen molar-refractivity contribution in [2.75, 3.05) is 0 Å². The normalized spacial score (nSPS) is 11.4. The molecule has 5 heteroatoms. The van der Waals surface area contributed by atoms with Gasteiger partial charge in [-0.3, -0.25) is 0 Å². The summed E-state index contributed by atoms with van der Waals surface area (Å²) in [4.78, 5) is 0. The lowest BCUT2D eigenvalue weighted by Gasteiger charge is -2.36. The molecule has 0 N–H and O–H groups in total. The Hall–Kier alpha value is -4.77. The van der Waals surface area contributed by atoms with E-state index in [4.69, 9.17) is 13.1 Å². The molecule has 0 atom stereocenters. The van der Waals surface area contributed by atoms with Crippen LogP contribution in [0.2, 0.25) is 0 Å². The van der Waals surface area contributed by atoms with E-state index in [-0.39, 0.29) is 0 Å². The van der Waals surface area contributed by atoms with Gasteiger partial charge < -0.3 is 0 Å². The van der Waals surface area contributed by atoms with Crippen molar-refractivity contribution in [3.63, 3.8) is 0 Å². The van der Waals surface area contributed by atoms with Gasteiger partial charge >= 0.3 is 0 Å². The fraction of sp³-hybridized carbons (Fsp3) is 0.0606. The summed E-state index contributed by atoms with van der Waals surface area (Å²) >= 11 is 0. The first-order valence-corrected chi connectivity index (χ1v) is 12.7. The number of rotatable bonds is 7. The van der Waals surface area contributed by atoms with E-state index in [0.29, 0.717) is 12.1 Å². The van der Waals surface area contributed by atoms with Crippen molar-refractivity contribution in [3.05, 3.63) is 162 Å².